The average molecular weight is 292 g/mol. The van der Waals surface area contributed by atoms with Crippen LogP contribution in [0.15, 0.2) is 47.8 Å². The summed E-state index contributed by atoms with van der Waals surface area (Å²) in [7, 11) is -1.26. The van der Waals surface area contributed by atoms with E-state index in [1.165, 1.54) is 0 Å². The van der Waals surface area contributed by atoms with Crippen molar-refractivity contribution in [2.24, 2.45) is 0 Å². The highest BCUT2D eigenvalue weighted by Crippen LogP contribution is 2.22. The maximum Gasteiger partial charge on any atom is 0.197 e. The predicted molar refractivity (Wildman–Crippen MR) is 75.5 cm³/mol. The lowest BCUT2D eigenvalue weighted by molar-refractivity contribution is 0.677. The van der Waals surface area contributed by atoms with Crippen LogP contribution in [-0.4, -0.2) is 19.2 Å². The SMILES string of the molecule is O=S(Cc1ccccn1)c1nc2c(Cl)cccc2[nH]1. The summed E-state index contributed by atoms with van der Waals surface area (Å²) in [5.74, 6) is 0.332. The normalized spacial score (nSPS) is 12.7. The molecule has 4 nitrogen and oxygen atoms in total. The van der Waals surface area contributed by atoms with E-state index in [1.54, 1.807) is 12.3 Å². The lowest BCUT2D eigenvalue weighted by Gasteiger charge is -1.97. The molecule has 0 aliphatic rings. The third-order valence-electron chi connectivity index (χ3n) is 2.66. The van der Waals surface area contributed by atoms with Gasteiger partial charge in [-0.25, -0.2) is 4.98 Å². The van der Waals surface area contributed by atoms with Gasteiger partial charge in [0.25, 0.3) is 0 Å². The van der Waals surface area contributed by atoms with Crippen molar-refractivity contribution in [2.75, 3.05) is 0 Å². The number of aromatic amines is 1. The highest BCUT2D eigenvalue weighted by molar-refractivity contribution is 7.84. The molecular weight excluding hydrogens is 282 g/mol. The van der Waals surface area contributed by atoms with Crippen LogP contribution in [0.4, 0.5) is 0 Å². The van der Waals surface area contributed by atoms with Gasteiger partial charge in [-0.05, 0) is 24.3 Å². The molecule has 19 heavy (non-hydrogen) atoms. The number of imidazole rings is 1. The van der Waals surface area contributed by atoms with Gasteiger partial charge >= 0.3 is 0 Å². The lowest BCUT2D eigenvalue weighted by atomic mass is 10.3. The van der Waals surface area contributed by atoms with Crippen molar-refractivity contribution in [2.45, 2.75) is 10.9 Å². The molecule has 2 heterocycles. The molecule has 3 rings (SSSR count). The summed E-state index contributed by atoms with van der Waals surface area (Å²) in [6.07, 6.45) is 1.68. The molecule has 0 saturated heterocycles. The zero-order valence-electron chi connectivity index (χ0n) is 9.84. The Labute approximate surface area is 117 Å². The molecule has 0 fully saturated rings. The molecular formula is C13H10ClN3OS. The number of halogens is 1. The van der Waals surface area contributed by atoms with E-state index in [0.717, 1.165) is 11.2 Å². The molecule has 6 heteroatoms. The second-order valence-corrected chi connectivity index (χ2v) is 5.76. The third-order valence-corrected chi connectivity index (χ3v) is 4.15. The van der Waals surface area contributed by atoms with E-state index in [9.17, 15) is 4.21 Å². The maximum atomic E-state index is 12.2. The molecule has 0 aliphatic heterocycles. The molecule has 2 aromatic heterocycles. The molecule has 96 valence electrons. The molecule has 0 bridgehead atoms. The predicted octanol–water partition coefficient (Wildman–Crippen LogP) is 2.92. The van der Waals surface area contributed by atoms with E-state index in [4.69, 9.17) is 11.6 Å². The summed E-state index contributed by atoms with van der Waals surface area (Å²) in [5, 5.41) is 0.976. The van der Waals surface area contributed by atoms with E-state index < -0.39 is 10.8 Å². The smallest absolute Gasteiger partial charge is 0.197 e. The van der Waals surface area contributed by atoms with Crippen LogP contribution in [0.5, 0.6) is 0 Å². The molecule has 0 saturated carbocycles. The topological polar surface area (TPSA) is 58.6 Å². The van der Waals surface area contributed by atoms with E-state index >= 15 is 0 Å². The van der Waals surface area contributed by atoms with Gasteiger partial charge in [-0.2, -0.15) is 0 Å². The Morgan fingerprint density at radius 3 is 2.84 bits per heavy atom. The van der Waals surface area contributed by atoms with E-state index in [-0.39, 0.29) is 0 Å². The third kappa shape index (κ3) is 2.52. The van der Waals surface area contributed by atoms with E-state index in [0.29, 0.717) is 21.4 Å². The minimum atomic E-state index is -1.26. The lowest BCUT2D eigenvalue weighted by Crippen LogP contribution is -2.00. The Morgan fingerprint density at radius 1 is 1.21 bits per heavy atom. The summed E-state index contributed by atoms with van der Waals surface area (Å²) in [6, 6.07) is 11.0. The Morgan fingerprint density at radius 2 is 2.11 bits per heavy atom. The zero-order chi connectivity index (χ0) is 13.2. The van der Waals surface area contributed by atoms with Crippen LogP contribution in [0.1, 0.15) is 5.69 Å². The average Bonchev–Trinajstić information content (AvgIpc) is 2.85. The largest absolute Gasteiger partial charge is 0.331 e. The van der Waals surface area contributed by atoms with Gasteiger partial charge in [-0.1, -0.05) is 23.7 Å². The molecule has 0 spiro atoms. The van der Waals surface area contributed by atoms with E-state index in [1.807, 2.05) is 30.3 Å². The Balaban J connectivity index is 1.92. The molecule has 1 aromatic carbocycles. The molecule has 0 aliphatic carbocycles. The van der Waals surface area contributed by atoms with Crippen LogP contribution in [0.3, 0.4) is 0 Å². The number of aromatic nitrogens is 3. The first-order chi connectivity index (χ1) is 9.24. The first-order valence-electron chi connectivity index (χ1n) is 5.66. The molecule has 1 N–H and O–H groups in total. The van der Waals surface area contributed by atoms with Gasteiger partial charge in [-0.3, -0.25) is 9.19 Å². The van der Waals surface area contributed by atoms with Crippen LogP contribution in [0.2, 0.25) is 5.02 Å². The number of H-pyrrole nitrogens is 1. The summed E-state index contributed by atoms with van der Waals surface area (Å²) in [4.78, 5) is 11.5. The van der Waals surface area contributed by atoms with Gasteiger partial charge in [0.15, 0.2) is 5.16 Å². The summed E-state index contributed by atoms with van der Waals surface area (Å²) in [5.41, 5.74) is 2.21. The number of pyridine rings is 1. The van der Waals surface area contributed by atoms with Gasteiger partial charge < -0.3 is 4.98 Å². The fraction of sp³-hybridized carbons (Fsp3) is 0.0769. The van der Waals surface area contributed by atoms with Crippen molar-refractivity contribution >= 4 is 33.4 Å². The molecule has 0 radical (unpaired) electrons. The maximum absolute atomic E-state index is 12.2. The van der Waals surface area contributed by atoms with Crippen LogP contribution >= 0.6 is 11.6 Å². The minimum absolute atomic E-state index is 0.332. The second-order valence-electron chi connectivity index (χ2n) is 3.99. The fourth-order valence-corrected chi connectivity index (χ4v) is 2.98. The monoisotopic (exact) mass is 291 g/mol. The molecule has 0 amide bonds. The van der Waals surface area contributed by atoms with Crippen molar-refractivity contribution in [3.05, 3.63) is 53.3 Å². The number of hydrogen-bond donors (Lipinski definition) is 1. The van der Waals surface area contributed by atoms with Gasteiger partial charge in [-0.15, -0.1) is 0 Å². The van der Waals surface area contributed by atoms with Crippen LogP contribution < -0.4 is 0 Å². The quantitative estimate of drug-likeness (QED) is 0.807. The van der Waals surface area contributed by atoms with Crippen molar-refractivity contribution in [1.82, 2.24) is 15.0 Å². The fourth-order valence-electron chi connectivity index (χ4n) is 1.77. The minimum Gasteiger partial charge on any atom is -0.331 e. The van der Waals surface area contributed by atoms with Crippen molar-refractivity contribution < 1.29 is 4.21 Å². The highest BCUT2D eigenvalue weighted by atomic mass is 35.5. The van der Waals surface area contributed by atoms with Crippen molar-refractivity contribution in [1.29, 1.82) is 0 Å². The van der Waals surface area contributed by atoms with Crippen LogP contribution in [0.25, 0.3) is 11.0 Å². The number of para-hydroxylation sites is 1. The summed E-state index contributed by atoms with van der Waals surface area (Å²) < 4.78 is 12.2. The van der Waals surface area contributed by atoms with Crippen LogP contribution in [-0.2, 0) is 16.6 Å². The number of benzene rings is 1. The number of nitrogens with one attached hydrogen (secondary N) is 1. The second kappa shape index (κ2) is 5.11. The van der Waals surface area contributed by atoms with Gasteiger partial charge in [0.2, 0.25) is 0 Å². The Bertz CT molecular complexity index is 742. The Hall–Kier alpha value is -1.72. The van der Waals surface area contributed by atoms with Crippen molar-refractivity contribution in [3.8, 4) is 0 Å². The number of nitrogens with zero attached hydrogens (tertiary/aromatic N) is 2. The van der Waals surface area contributed by atoms with Crippen molar-refractivity contribution in [3.63, 3.8) is 0 Å². The highest BCUT2D eigenvalue weighted by Gasteiger charge is 2.12. The first-order valence-corrected chi connectivity index (χ1v) is 7.36. The Kier molecular flexibility index (Phi) is 3.31. The molecule has 1 unspecified atom stereocenters. The standard InChI is InChI=1S/C13H10ClN3OS/c14-10-5-3-6-11-12(10)17-13(16-11)19(18)8-9-4-1-2-7-15-9/h1-7H,8H2,(H,16,17). The number of fused-ring (bicyclic) bond motifs is 1. The molecule has 1 atom stereocenters. The van der Waals surface area contributed by atoms with Crippen LogP contribution in [0, 0.1) is 0 Å². The summed E-state index contributed by atoms with van der Waals surface area (Å²) in [6.45, 7) is 0. The summed E-state index contributed by atoms with van der Waals surface area (Å²) >= 11 is 6.04. The van der Waals surface area contributed by atoms with Gasteiger partial charge in [0.1, 0.15) is 5.52 Å². The molecule has 3 aromatic rings. The number of rotatable bonds is 3. The number of hydrogen-bond acceptors (Lipinski definition) is 3. The van der Waals surface area contributed by atoms with Gasteiger partial charge in [0, 0.05) is 6.20 Å². The first kappa shape index (κ1) is 12.3. The van der Waals surface area contributed by atoms with E-state index in [2.05, 4.69) is 15.0 Å². The van der Waals surface area contributed by atoms with Gasteiger partial charge in [0.05, 0.1) is 32.8 Å². The zero-order valence-corrected chi connectivity index (χ0v) is 11.4.